The van der Waals surface area contributed by atoms with Crippen molar-refractivity contribution >= 4 is 23.0 Å². The molecule has 2 N–H and O–H groups in total. The van der Waals surface area contributed by atoms with E-state index in [0.717, 1.165) is 22.4 Å². The topological polar surface area (TPSA) is 76.7 Å². The van der Waals surface area contributed by atoms with Crippen LogP contribution in [-0.2, 0) is 0 Å². The highest BCUT2D eigenvalue weighted by Crippen LogP contribution is 2.31. The van der Waals surface area contributed by atoms with Crippen molar-refractivity contribution in [1.29, 1.82) is 0 Å². The Morgan fingerprint density at radius 3 is 2.16 bits per heavy atom. The van der Waals surface area contributed by atoms with Crippen LogP contribution in [0.4, 0.5) is 11.4 Å². The largest absolute Gasteiger partial charge is 0.497 e. The molecule has 2 unspecified atom stereocenters. The quantitative estimate of drug-likeness (QED) is 0.253. The summed E-state index contributed by atoms with van der Waals surface area (Å²) in [5.41, 5.74) is 2.15. The Kier molecular flexibility index (Phi) is 7.71. The minimum Gasteiger partial charge on any atom is -0.497 e. The number of benzene rings is 3. The van der Waals surface area contributed by atoms with Crippen LogP contribution in [0.15, 0.2) is 82.4 Å². The number of halogens is 1. The minimum absolute atomic E-state index is 0.0113. The molecule has 0 aromatic heterocycles. The van der Waals surface area contributed by atoms with Gasteiger partial charge in [-0.3, -0.25) is 14.9 Å². The van der Waals surface area contributed by atoms with Gasteiger partial charge in [-0.2, -0.15) is 0 Å². The molecule has 4 aromatic rings. The zero-order valence-corrected chi connectivity index (χ0v) is 22.3. The predicted octanol–water partition coefficient (Wildman–Crippen LogP) is 6.31. The van der Waals surface area contributed by atoms with Gasteiger partial charge in [0.2, 0.25) is 0 Å². The van der Waals surface area contributed by atoms with E-state index in [1.807, 2.05) is 93.6 Å². The fraction of sp³-hybridized carbons (Fsp3) is 0.267. The first-order chi connectivity index (χ1) is 17.6. The molecule has 4 aromatic carbocycles. The normalized spacial score (nSPS) is 13.2. The van der Waals surface area contributed by atoms with Gasteiger partial charge in [0.05, 0.1) is 13.2 Å². The lowest BCUT2D eigenvalue weighted by atomic mass is 9.96. The van der Waals surface area contributed by atoms with Crippen LogP contribution in [0.1, 0.15) is 56.5 Å². The Morgan fingerprint density at radius 2 is 1.51 bits per heavy atom. The van der Waals surface area contributed by atoms with E-state index in [9.17, 15) is 9.59 Å². The van der Waals surface area contributed by atoms with E-state index in [2.05, 4.69) is 17.6 Å². The summed E-state index contributed by atoms with van der Waals surface area (Å²) in [6, 6.07) is 23.2. The van der Waals surface area contributed by atoms with E-state index in [0.29, 0.717) is 10.7 Å². The molecule has 192 valence electrons. The molecule has 0 aliphatic rings. The van der Waals surface area contributed by atoms with Crippen LogP contribution in [-0.4, -0.2) is 12.7 Å². The maximum atomic E-state index is 12.3. The van der Waals surface area contributed by atoms with Gasteiger partial charge in [0, 0.05) is 16.8 Å². The molecule has 7 heteroatoms. The van der Waals surface area contributed by atoms with Crippen molar-refractivity contribution in [2.24, 2.45) is 0 Å². The summed E-state index contributed by atoms with van der Waals surface area (Å²) in [4.78, 5) is 24.4. The first kappa shape index (κ1) is 26.5. The first-order valence-electron chi connectivity index (χ1n) is 12.1. The maximum absolute atomic E-state index is 12.3. The monoisotopic (exact) mass is 518 g/mol. The predicted molar refractivity (Wildman–Crippen MR) is 149 cm³/mol. The third-order valence-corrected chi connectivity index (χ3v) is 6.21. The summed E-state index contributed by atoms with van der Waals surface area (Å²) >= 11 is 6.24. The summed E-state index contributed by atoms with van der Waals surface area (Å²) in [7, 11) is 1.64. The number of nitrogens with one attached hydrogen (secondary N) is 2. The smallest absolute Gasteiger partial charge is 0.272 e. The van der Waals surface area contributed by atoms with Crippen LogP contribution in [0.5, 0.6) is 11.5 Å². The summed E-state index contributed by atoms with van der Waals surface area (Å²) in [5.74, 6) is 0.842. The summed E-state index contributed by atoms with van der Waals surface area (Å²) in [6.45, 7) is 7.59. The van der Waals surface area contributed by atoms with Crippen LogP contribution in [0, 0.1) is 0 Å². The highest BCUT2D eigenvalue weighted by atomic mass is 35.5. The molecule has 0 aliphatic heterocycles. The van der Waals surface area contributed by atoms with Crippen LogP contribution in [0.2, 0.25) is 5.02 Å². The lowest BCUT2D eigenvalue weighted by molar-refractivity contribution is 0.128. The van der Waals surface area contributed by atoms with Crippen LogP contribution < -0.4 is 31.0 Å². The zero-order valence-electron chi connectivity index (χ0n) is 21.6. The van der Waals surface area contributed by atoms with Gasteiger partial charge >= 0.3 is 0 Å². The van der Waals surface area contributed by atoms with Crippen molar-refractivity contribution in [3.05, 3.63) is 115 Å². The first-order valence-corrected chi connectivity index (χ1v) is 12.5. The Morgan fingerprint density at radius 1 is 0.838 bits per heavy atom. The van der Waals surface area contributed by atoms with Gasteiger partial charge in [-0.25, -0.2) is 0 Å². The lowest BCUT2D eigenvalue weighted by Crippen LogP contribution is -2.39. The third kappa shape index (κ3) is 6.21. The number of ether oxygens (including phenoxy) is 2. The van der Waals surface area contributed by atoms with E-state index in [4.69, 9.17) is 21.1 Å². The molecule has 0 amide bonds. The average molecular weight is 519 g/mol. The molecule has 37 heavy (non-hydrogen) atoms. The molecular formula is C30H31ClN2O4. The molecular weight excluding hydrogens is 488 g/mol. The van der Waals surface area contributed by atoms with Crippen LogP contribution >= 0.6 is 11.6 Å². The van der Waals surface area contributed by atoms with Crippen LogP contribution in [0.25, 0.3) is 0 Å². The lowest BCUT2D eigenvalue weighted by Gasteiger charge is -2.26. The van der Waals surface area contributed by atoms with Crippen molar-refractivity contribution in [1.82, 2.24) is 5.32 Å². The Hall–Kier alpha value is -3.61. The third-order valence-electron chi connectivity index (χ3n) is 5.98. The minimum atomic E-state index is -0.610. The second-order valence-electron chi connectivity index (χ2n) is 9.98. The molecule has 0 bridgehead atoms. The Labute approximate surface area is 221 Å². The molecule has 0 saturated heterocycles. The van der Waals surface area contributed by atoms with E-state index in [-0.39, 0.29) is 23.5 Å². The molecule has 2 atom stereocenters. The number of hydrogen-bond acceptors (Lipinski definition) is 6. The van der Waals surface area contributed by atoms with Gasteiger partial charge in [0.15, 0.2) is 5.75 Å². The standard InChI is InChI=1S/C30H31ClN2O4/c1-18(20-8-6-10-22(31)16-20)32-25(19-12-14-24(36-5)15-13-19)21-9-7-11-23(17-21)33-26-27(34)28(35)29(26)37-30(2,3)4/h6-18,25,32-33H,1-5H3. The number of methoxy groups -OCH3 is 1. The molecule has 0 spiro atoms. The fourth-order valence-electron chi connectivity index (χ4n) is 4.13. The van der Waals surface area contributed by atoms with Gasteiger partial charge < -0.3 is 14.8 Å². The molecule has 0 fully saturated rings. The molecule has 0 radical (unpaired) electrons. The number of anilines is 2. The van der Waals surface area contributed by atoms with Gasteiger partial charge in [-0.1, -0.05) is 48.0 Å². The molecule has 6 nitrogen and oxygen atoms in total. The summed E-state index contributed by atoms with van der Waals surface area (Å²) < 4.78 is 11.1. The van der Waals surface area contributed by atoms with Crippen molar-refractivity contribution in [2.75, 3.05) is 12.4 Å². The Balaban J connectivity index is 1.67. The summed E-state index contributed by atoms with van der Waals surface area (Å²) in [6.07, 6.45) is 0. The fourth-order valence-corrected chi connectivity index (χ4v) is 4.33. The van der Waals surface area contributed by atoms with E-state index < -0.39 is 16.5 Å². The van der Waals surface area contributed by atoms with Crippen molar-refractivity contribution in [2.45, 2.75) is 45.4 Å². The highest BCUT2D eigenvalue weighted by Gasteiger charge is 2.27. The van der Waals surface area contributed by atoms with Gasteiger partial charge in [0.25, 0.3) is 10.9 Å². The van der Waals surface area contributed by atoms with Crippen LogP contribution in [0.3, 0.4) is 0 Å². The molecule has 0 aliphatic carbocycles. The SMILES string of the molecule is COc1ccc(C(NC(C)c2cccc(Cl)c2)c2cccc(Nc3c(OC(C)(C)C)c(=O)c3=O)c2)cc1. The molecule has 0 heterocycles. The maximum Gasteiger partial charge on any atom is 0.272 e. The zero-order chi connectivity index (χ0) is 26.7. The van der Waals surface area contributed by atoms with Gasteiger partial charge in [0.1, 0.15) is 17.0 Å². The highest BCUT2D eigenvalue weighted by molar-refractivity contribution is 6.30. The molecule has 4 rings (SSSR count). The second kappa shape index (κ2) is 10.8. The number of rotatable bonds is 9. The average Bonchev–Trinajstić information content (AvgIpc) is 2.88. The van der Waals surface area contributed by atoms with Crippen molar-refractivity contribution in [3.8, 4) is 11.5 Å². The number of hydrogen-bond donors (Lipinski definition) is 2. The van der Waals surface area contributed by atoms with Crippen molar-refractivity contribution in [3.63, 3.8) is 0 Å². The van der Waals surface area contributed by atoms with Gasteiger partial charge in [-0.05, 0) is 80.8 Å². The summed E-state index contributed by atoms with van der Waals surface area (Å²) in [5, 5.41) is 7.50. The van der Waals surface area contributed by atoms with Crippen molar-refractivity contribution < 1.29 is 9.47 Å². The Bertz CT molecular complexity index is 1450. The van der Waals surface area contributed by atoms with Gasteiger partial charge in [-0.15, -0.1) is 0 Å². The van der Waals surface area contributed by atoms with E-state index >= 15 is 0 Å². The molecule has 0 saturated carbocycles. The van der Waals surface area contributed by atoms with E-state index in [1.54, 1.807) is 7.11 Å². The van der Waals surface area contributed by atoms with E-state index in [1.165, 1.54) is 0 Å². The second-order valence-corrected chi connectivity index (χ2v) is 10.4.